The van der Waals surface area contributed by atoms with Gasteiger partial charge in [0, 0.05) is 66.6 Å². The second kappa shape index (κ2) is 21.5. The van der Waals surface area contributed by atoms with Crippen molar-refractivity contribution in [2.45, 2.75) is 65.2 Å². The molecule has 0 unspecified atom stereocenters. The van der Waals surface area contributed by atoms with E-state index in [0.29, 0.717) is 52.9 Å². The maximum atomic E-state index is 6.17. The number of ether oxygens (including phenoxy) is 6. The molecule has 0 aromatic heterocycles. The Bertz CT molecular complexity index is 2320. The Labute approximate surface area is 381 Å². The number of rotatable bonds is 22. The maximum absolute atomic E-state index is 6.17. The summed E-state index contributed by atoms with van der Waals surface area (Å²) in [6.07, 6.45) is 11.4. The van der Waals surface area contributed by atoms with Crippen molar-refractivity contribution in [3.05, 3.63) is 155 Å². The molecule has 3 aliphatic rings. The molecule has 4 aromatic rings. The number of benzene rings is 4. The van der Waals surface area contributed by atoms with Gasteiger partial charge in [-0.05, 0) is 118 Å². The second-order valence-electron chi connectivity index (χ2n) is 17.3. The van der Waals surface area contributed by atoms with Crippen LogP contribution in [-0.2, 0) is 29.8 Å². The fraction of sp³-hybridized carbons (Fsp3) is 0.400. The summed E-state index contributed by atoms with van der Waals surface area (Å²) in [5, 5.41) is 0. The predicted molar refractivity (Wildman–Crippen MR) is 260 cm³/mol. The molecule has 2 aliphatic heterocycles. The van der Waals surface area contributed by atoms with E-state index in [1.165, 1.54) is 50.8 Å². The molecule has 7 rings (SSSR count). The number of fused-ring (bicyclic) bond motifs is 2. The molecule has 0 atom stereocenters. The van der Waals surface area contributed by atoms with Crippen LogP contribution in [0.1, 0.15) is 65.5 Å². The monoisotopic (exact) mass is 867 g/mol. The summed E-state index contributed by atoms with van der Waals surface area (Å²) in [6, 6.07) is 34.6. The number of allylic oxidation sites excluding steroid dienone is 7. The standard InChI is InChI=1S/C55H68N3O6/c1-9-56-49-27-25-45(63-37-35-61-33-31-59-7)39-47(49)54(3,4)51(56)29-23-41-21-22-42(53(41)58(43-17-13-11-14-18-43)44-19-15-12-16-20-44)24-30-52-55(5,6)48-40-46(26-28-50(48)57(52)10-2)64-38-36-62-34-32-60-8/h11-20,23-30,39-40H,9-10,21-22,31-38H2,1-8H3/q+1. The minimum absolute atomic E-state index is 0.243. The van der Waals surface area contributed by atoms with Gasteiger partial charge in [0.1, 0.15) is 31.3 Å². The molecule has 0 N–H and O–H groups in total. The zero-order valence-corrected chi connectivity index (χ0v) is 39.3. The lowest BCUT2D eigenvalue weighted by Gasteiger charge is -2.29. The van der Waals surface area contributed by atoms with Crippen molar-refractivity contribution < 1.29 is 33.0 Å². The highest BCUT2D eigenvalue weighted by Crippen LogP contribution is 2.50. The van der Waals surface area contributed by atoms with Crippen LogP contribution in [0.3, 0.4) is 0 Å². The van der Waals surface area contributed by atoms with E-state index >= 15 is 0 Å². The van der Waals surface area contributed by atoms with Gasteiger partial charge in [-0.25, -0.2) is 0 Å². The number of hydrogen-bond donors (Lipinski definition) is 0. The summed E-state index contributed by atoms with van der Waals surface area (Å²) in [4.78, 5) is 4.91. The molecule has 9 nitrogen and oxygen atoms in total. The average molecular weight is 867 g/mol. The van der Waals surface area contributed by atoms with E-state index in [1.54, 1.807) is 14.2 Å². The van der Waals surface area contributed by atoms with Gasteiger partial charge in [-0.2, -0.15) is 4.58 Å². The number of para-hydroxylation sites is 2. The van der Waals surface area contributed by atoms with E-state index in [4.69, 9.17) is 28.4 Å². The van der Waals surface area contributed by atoms with Crippen molar-refractivity contribution in [3.63, 3.8) is 0 Å². The Kier molecular flexibility index (Phi) is 15.6. The van der Waals surface area contributed by atoms with Crippen molar-refractivity contribution in [2.75, 3.05) is 90.0 Å². The third kappa shape index (κ3) is 10.1. The molecule has 0 saturated heterocycles. The number of nitrogens with zero attached hydrogens (tertiary/aromatic N) is 3. The molecule has 64 heavy (non-hydrogen) atoms. The van der Waals surface area contributed by atoms with E-state index in [0.717, 1.165) is 48.8 Å². The highest BCUT2D eigenvalue weighted by atomic mass is 16.5. The topological polar surface area (TPSA) is 64.9 Å². The van der Waals surface area contributed by atoms with Gasteiger partial charge in [0.05, 0.1) is 50.8 Å². The maximum Gasteiger partial charge on any atom is 0.210 e. The zero-order valence-electron chi connectivity index (χ0n) is 39.3. The van der Waals surface area contributed by atoms with Crippen LogP contribution in [0.15, 0.2) is 144 Å². The van der Waals surface area contributed by atoms with E-state index in [2.05, 4.69) is 177 Å². The quantitative estimate of drug-likeness (QED) is 0.0572. The summed E-state index contributed by atoms with van der Waals surface area (Å²) >= 11 is 0. The fourth-order valence-electron chi connectivity index (χ4n) is 9.34. The molecular weight excluding hydrogens is 799 g/mol. The molecule has 0 radical (unpaired) electrons. The molecule has 0 spiro atoms. The molecule has 2 heterocycles. The molecule has 4 aromatic carbocycles. The molecule has 0 amide bonds. The van der Waals surface area contributed by atoms with Crippen LogP contribution in [0.2, 0.25) is 0 Å². The van der Waals surface area contributed by atoms with Gasteiger partial charge in [0.2, 0.25) is 5.69 Å². The van der Waals surface area contributed by atoms with Crippen molar-refractivity contribution in [1.29, 1.82) is 0 Å². The molecule has 0 saturated carbocycles. The lowest BCUT2D eigenvalue weighted by Crippen LogP contribution is -2.27. The Hall–Kier alpha value is -5.45. The number of hydrogen-bond acceptors (Lipinski definition) is 8. The minimum Gasteiger partial charge on any atom is -0.491 e. The summed E-state index contributed by atoms with van der Waals surface area (Å²) in [5.41, 5.74) is 13.1. The molecule has 338 valence electrons. The summed E-state index contributed by atoms with van der Waals surface area (Å²) < 4.78 is 36.3. The summed E-state index contributed by atoms with van der Waals surface area (Å²) in [6.45, 7) is 19.8. The van der Waals surface area contributed by atoms with Gasteiger partial charge >= 0.3 is 0 Å². The van der Waals surface area contributed by atoms with Crippen molar-refractivity contribution in [2.24, 2.45) is 0 Å². The number of methoxy groups -OCH3 is 2. The molecule has 9 heteroatoms. The Balaban J connectivity index is 1.24. The number of likely N-dealkylation sites (N-methyl/N-ethyl adjacent to an activating group) is 1. The van der Waals surface area contributed by atoms with E-state index in [9.17, 15) is 0 Å². The summed E-state index contributed by atoms with van der Waals surface area (Å²) in [7, 11) is 3.36. The number of anilines is 3. The first kappa shape index (κ1) is 46.5. The van der Waals surface area contributed by atoms with E-state index < -0.39 is 0 Å². The van der Waals surface area contributed by atoms with Gasteiger partial charge in [0.25, 0.3) is 0 Å². The van der Waals surface area contributed by atoms with Gasteiger partial charge in [-0.1, -0.05) is 62.4 Å². The first-order valence-electron chi connectivity index (χ1n) is 23.0. The third-order valence-corrected chi connectivity index (χ3v) is 12.6. The van der Waals surface area contributed by atoms with Crippen molar-refractivity contribution in [1.82, 2.24) is 0 Å². The van der Waals surface area contributed by atoms with Crippen LogP contribution < -0.4 is 19.3 Å². The van der Waals surface area contributed by atoms with Crippen LogP contribution in [0.4, 0.5) is 22.7 Å². The lowest BCUT2D eigenvalue weighted by molar-refractivity contribution is -0.433. The molecule has 0 bridgehead atoms. The fourth-order valence-corrected chi connectivity index (χ4v) is 9.34. The van der Waals surface area contributed by atoms with Crippen LogP contribution in [0.25, 0.3) is 0 Å². The predicted octanol–water partition coefficient (Wildman–Crippen LogP) is 11.2. The second-order valence-corrected chi connectivity index (χ2v) is 17.3. The molecule has 0 fully saturated rings. The third-order valence-electron chi connectivity index (χ3n) is 12.6. The molecular formula is C55H68N3O6+. The van der Waals surface area contributed by atoms with Gasteiger partial charge in [0.15, 0.2) is 5.71 Å². The van der Waals surface area contributed by atoms with E-state index in [1.807, 2.05) is 0 Å². The average Bonchev–Trinajstić information content (AvgIpc) is 3.88. The Morgan fingerprint density at radius 1 is 0.625 bits per heavy atom. The smallest absolute Gasteiger partial charge is 0.210 e. The van der Waals surface area contributed by atoms with Gasteiger partial charge in [-0.15, -0.1) is 0 Å². The van der Waals surface area contributed by atoms with Crippen LogP contribution >= 0.6 is 0 Å². The van der Waals surface area contributed by atoms with Crippen LogP contribution in [-0.4, -0.2) is 90.5 Å². The Morgan fingerprint density at radius 2 is 1.20 bits per heavy atom. The van der Waals surface area contributed by atoms with Crippen LogP contribution in [0, 0.1) is 0 Å². The highest BCUT2D eigenvalue weighted by Gasteiger charge is 2.44. The normalized spacial score (nSPS) is 17.6. The largest absolute Gasteiger partial charge is 0.491 e. The summed E-state index contributed by atoms with van der Waals surface area (Å²) in [5.74, 6) is 1.72. The lowest BCUT2D eigenvalue weighted by atomic mass is 9.81. The van der Waals surface area contributed by atoms with Gasteiger partial charge in [-0.3, -0.25) is 0 Å². The van der Waals surface area contributed by atoms with Crippen LogP contribution in [0.5, 0.6) is 11.5 Å². The highest BCUT2D eigenvalue weighted by molar-refractivity contribution is 6.03. The SMILES string of the molecule is CCN1C(=CC=C2CCC(C=CC3=[N+](CC)c4ccc(OCCOCCOC)cc4C3(C)C)=C2N(c2ccccc2)c2ccccc2)C(C)(C)c2cc(OCCOCCOC)ccc21. The van der Waals surface area contributed by atoms with Crippen molar-refractivity contribution >= 4 is 28.5 Å². The first-order chi connectivity index (χ1) is 31.1. The van der Waals surface area contributed by atoms with Crippen molar-refractivity contribution in [3.8, 4) is 11.5 Å². The van der Waals surface area contributed by atoms with Gasteiger partial charge < -0.3 is 38.2 Å². The minimum atomic E-state index is -0.243. The first-order valence-corrected chi connectivity index (χ1v) is 23.0. The van der Waals surface area contributed by atoms with E-state index in [-0.39, 0.29) is 10.8 Å². The zero-order chi connectivity index (χ0) is 45.1. The Morgan fingerprint density at radius 3 is 1.78 bits per heavy atom. The molecule has 1 aliphatic carbocycles.